The van der Waals surface area contributed by atoms with Crippen molar-refractivity contribution >= 4 is 23.4 Å². The first-order chi connectivity index (χ1) is 18.3. The van der Waals surface area contributed by atoms with Crippen LogP contribution in [0.2, 0.25) is 0 Å². The third-order valence-corrected chi connectivity index (χ3v) is 6.88. The van der Waals surface area contributed by atoms with E-state index in [9.17, 15) is 9.59 Å². The maximum Gasteiger partial charge on any atom is 0.338 e. The number of nitrogens with zero attached hydrogens (tertiary/aromatic N) is 2. The number of hydrogen-bond acceptors (Lipinski definition) is 8. The van der Waals surface area contributed by atoms with Crippen LogP contribution in [0.1, 0.15) is 51.8 Å². The van der Waals surface area contributed by atoms with Gasteiger partial charge in [0.05, 0.1) is 42.2 Å². The molecule has 0 fully saturated rings. The summed E-state index contributed by atoms with van der Waals surface area (Å²) in [6.07, 6.45) is 1.67. The van der Waals surface area contributed by atoms with Gasteiger partial charge in [0.15, 0.2) is 16.3 Å². The normalized spacial score (nSPS) is 15.2. The highest BCUT2D eigenvalue weighted by Gasteiger charge is 2.35. The molecule has 1 aliphatic rings. The standard InChI is InChI=1S/C29H32N2O6S/c1-7-35-26-19(12-11-15-22(26)34-6)16-23-27(32)31-25(20-13-9-10-14-21(20)37-17(3)4)24(28(33)36-8-2)18(5)30-29(31)38-23/h9-17,25H,7-8H2,1-6H3/b23-16-/t25-/m1/s1. The fourth-order valence-corrected chi connectivity index (χ4v) is 5.44. The zero-order chi connectivity index (χ0) is 27.4. The summed E-state index contributed by atoms with van der Waals surface area (Å²) >= 11 is 1.25. The van der Waals surface area contributed by atoms with Crippen molar-refractivity contribution in [2.24, 2.45) is 4.99 Å². The Balaban J connectivity index is 1.99. The summed E-state index contributed by atoms with van der Waals surface area (Å²) in [7, 11) is 1.58. The van der Waals surface area contributed by atoms with Crippen LogP contribution < -0.4 is 29.1 Å². The van der Waals surface area contributed by atoms with Crippen molar-refractivity contribution in [3.8, 4) is 17.2 Å². The number of para-hydroxylation sites is 2. The highest BCUT2D eigenvalue weighted by Crippen LogP contribution is 2.36. The van der Waals surface area contributed by atoms with Crippen LogP contribution in [0.3, 0.4) is 0 Å². The van der Waals surface area contributed by atoms with Crippen LogP contribution in [0.4, 0.5) is 0 Å². The number of ether oxygens (including phenoxy) is 4. The van der Waals surface area contributed by atoms with Gasteiger partial charge in [-0.25, -0.2) is 9.79 Å². The highest BCUT2D eigenvalue weighted by molar-refractivity contribution is 7.07. The molecule has 0 N–H and O–H groups in total. The van der Waals surface area contributed by atoms with E-state index >= 15 is 0 Å². The molecule has 38 heavy (non-hydrogen) atoms. The summed E-state index contributed by atoms with van der Waals surface area (Å²) in [6.45, 7) is 9.90. The summed E-state index contributed by atoms with van der Waals surface area (Å²) < 4.78 is 24.8. The molecule has 0 spiro atoms. The maximum absolute atomic E-state index is 14.0. The van der Waals surface area contributed by atoms with Crippen LogP contribution in [-0.4, -0.2) is 37.0 Å². The molecular weight excluding hydrogens is 504 g/mol. The van der Waals surface area contributed by atoms with E-state index in [1.54, 1.807) is 31.6 Å². The molecule has 1 aromatic heterocycles. The molecule has 0 unspecified atom stereocenters. The van der Waals surface area contributed by atoms with E-state index in [0.29, 0.717) is 55.6 Å². The van der Waals surface area contributed by atoms with Gasteiger partial charge in [-0.1, -0.05) is 41.7 Å². The minimum Gasteiger partial charge on any atom is -0.493 e. The Hall–Kier alpha value is -3.85. The first kappa shape index (κ1) is 27.2. The monoisotopic (exact) mass is 536 g/mol. The fraction of sp³-hybridized carbons (Fsp3) is 0.345. The first-order valence-electron chi connectivity index (χ1n) is 12.6. The number of allylic oxidation sites excluding steroid dienone is 1. The predicted octanol–water partition coefficient (Wildman–Crippen LogP) is 3.99. The average Bonchev–Trinajstić information content (AvgIpc) is 3.18. The SMILES string of the molecule is CCOC(=O)C1=C(C)N=c2s/c(=C\c3cccc(OC)c3OCC)c(=O)n2[C@@H]1c1ccccc1OC(C)C. The number of hydrogen-bond donors (Lipinski definition) is 0. The van der Waals surface area contributed by atoms with Crippen LogP contribution in [0, 0.1) is 0 Å². The molecule has 0 aliphatic carbocycles. The van der Waals surface area contributed by atoms with Gasteiger partial charge in [-0.2, -0.15) is 0 Å². The Kier molecular flexibility index (Phi) is 8.36. The van der Waals surface area contributed by atoms with Crippen LogP contribution in [0.15, 0.2) is 63.5 Å². The Labute approximate surface area is 225 Å². The quantitative estimate of drug-likeness (QED) is 0.384. The van der Waals surface area contributed by atoms with Gasteiger partial charge in [-0.15, -0.1) is 0 Å². The van der Waals surface area contributed by atoms with Gasteiger partial charge in [-0.05, 0) is 52.8 Å². The minimum atomic E-state index is -0.765. The lowest BCUT2D eigenvalue weighted by atomic mass is 9.95. The summed E-state index contributed by atoms with van der Waals surface area (Å²) in [5.74, 6) is 1.20. The zero-order valence-electron chi connectivity index (χ0n) is 22.4. The van der Waals surface area contributed by atoms with Crippen molar-refractivity contribution in [1.29, 1.82) is 0 Å². The van der Waals surface area contributed by atoms with Crippen LogP contribution in [0.5, 0.6) is 17.2 Å². The molecule has 2 heterocycles. The second-order valence-electron chi connectivity index (χ2n) is 8.82. The Morgan fingerprint density at radius 2 is 1.84 bits per heavy atom. The van der Waals surface area contributed by atoms with Crippen molar-refractivity contribution < 1.29 is 23.7 Å². The van der Waals surface area contributed by atoms with Crippen molar-refractivity contribution in [2.45, 2.75) is 46.8 Å². The number of rotatable bonds is 9. The van der Waals surface area contributed by atoms with Gasteiger partial charge in [0.2, 0.25) is 0 Å². The van der Waals surface area contributed by atoms with E-state index in [0.717, 1.165) is 0 Å². The molecule has 4 rings (SSSR count). The number of fused-ring (bicyclic) bond motifs is 1. The molecule has 1 atom stereocenters. The number of thiazole rings is 1. The molecule has 8 nitrogen and oxygen atoms in total. The molecule has 200 valence electrons. The lowest BCUT2D eigenvalue weighted by Gasteiger charge is -2.26. The summed E-state index contributed by atoms with van der Waals surface area (Å²) in [6, 6.07) is 12.2. The third kappa shape index (κ3) is 5.24. The molecule has 0 saturated heterocycles. The second-order valence-corrected chi connectivity index (χ2v) is 9.83. The predicted molar refractivity (Wildman–Crippen MR) is 147 cm³/mol. The topological polar surface area (TPSA) is 88.4 Å². The smallest absolute Gasteiger partial charge is 0.338 e. The van der Waals surface area contributed by atoms with Gasteiger partial charge in [0, 0.05) is 11.1 Å². The van der Waals surface area contributed by atoms with Crippen LogP contribution in [-0.2, 0) is 9.53 Å². The van der Waals surface area contributed by atoms with Crippen molar-refractivity contribution in [1.82, 2.24) is 4.57 Å². The Morgan fingerprint density at radius 3 is 2.53 bits per heavy atom. The van der Waals surface area contributed by atoms with Crippen LogP contribution >= 0.6 is 11.3 Å². The molecule has 0 amide bonds. The van der Waals surface area contributed by atoms with Gasteiger partial charge in [0.1, 0.15) is 11.8 Å². The largest absolute Gasteiger partial charge is 0.493 e. The van der Waals surface area contributed by atoms with E-state index < -0.39 is 12.0 Å². The fourth-order valence-electron chi connectivity index (χ4n) is 4.40. The third-order valence-electron chi connectivity index (χ3n) is 5.90. The van der Waals surface area contributed by atoms with Crippen molar-refractivity contribution in [3.05, 3.63) is 84.5 Å². The average molecular weight is 537 g/mol. The number of esters is 1. The number of benzene rings is 2. The van der Waals surface area contributed by atoms with Crippen LogP contribution in [0.25, 0.3) is 6.08 Å². The molecule has 2 aromatic carbocycles. The van der Waals surface area contributed by atoms with Gasteiger partial charge < -0.3 is 18.9 Å². The summed E-state index contributed by atoms with van der Waals surface area (Å²) in [5.41, 5.74) is 1.91. The Bertz CT molecular complexity index is 1550. The number of carbonyl (C=O) groups excluding carboxylic acids is 1. The molecule has 1 aliphatic heterocycles. The van der Waals surface area contributed by atoms with E-state index in [2.05, 4.69) is 4.99 Å². The number of methoxy groups -OCH3 is 1. The second kappa shape index (κ2) is 11.7. The molecule has 0 saturated carbocycles. The van der Waals surface area contributed by atoms with E-state index in [1.807, 2.05) is 63.2 Å². The lowest BCUT2D eigenvalue weighted by Crippen LogP contribution is -2.40. The number of aromatic nitrogens is 1. The van der Waals surface area contributed by atoms with Gasteiger partial charge in [-0.3, -0.25) is 9.36 Å². The van der Waals surface area contributed by atoms with Gasteiger partial charge >= 0.3 is 5.97 Å². The molecule has 0 bridgehead atoms. The molecule has 3 aromatic rings. The molecule has 0 radical (unpaired) electrons. The van der Waals surface area contributed by atoms with Gasteiger partial charge in [0.25, 0.3) is 5.56 Å². The first-order valence-corrected chi connectivity index (χ1v) is 13.4. The maximum atomic E-state index is 14.0. The number of carbonyl (C=O) groups is 1. The molecular formula is C29H32N2O6S. The Morgan fingerprint density at radius 1 is 1.11 bits per heavy atom. The highest BCUT2D eigenvalue weighted by atomic mass is 32.1. The summed E-state index contributed by atoms with van der Waals surface area (Å²) in [5, 5.41) is 0. The van der Waals surface area contributed by atoms with Crippen molar-refractivity contribution in [3.63, 3.8) is 0 Å². The van der Waals surface area contributed by atoms with E-state index in [4.69, 9.17) is 18.9 Å². The van der Waals surface area contributed by atoms with E-state index in [-0.39, 0.29) is 18.3 Å². The lowest BCUT2D eigenvalue weighted by molar-refractivity contribution is -0.139. The van der Waals surface area contributed by atoms with Crippen molar-refractivity contribution in [2.75, 3.05) is 20.3 Å². The molecule has 9 heteroatoms. The zero-order valence-corrected chi connectivity index (χ0v) is 23.3. The van der Waals surface area contributed by atoms with E-state index in [1.165, 1.54) is 11.3 Å². The minimum absolute atomic E-state index is 0.104. The summed E-state index contributed by atoms with van der Waals surface area (Å²) in [4.78, 5) is 32.3.